The maximum absolute atomic E-state index is 9.97. The van der Waals surface area contributed by atoms with Gasteiger partial charge in [-0.25, -0.2) is 19.9 Å². The molecule has 0 amide bonds. The van der Waals surface area contributed by atoms with Crippen molar-refractivity contribution in [2.45, 2.75) is 0 Å². The van der Waals surface area contributed by atoms with Gasteiger partial charge < -0.3 is 17.7 Å². The van der Waals surface area contributed by atoms with Crippen molar-refractivity contribution >= 4 is 87.8 Å². The average molecular weight is 1330 g/mol. The van der Waals surface area contributed by atoms with Crippen LogP contribution in [0.4, 0.5) is 0 Å². The van der Waals surface area contributed by atoms with Gasteiger partial charge in [-0.1, -0.05) is 158 Å². The van der Waals surface area contributed by atoms with Gasteiger partial charge in [0.25, 0.3) is 0 Å². The summed E-state index contributed by atoms with van der Waals surface area (Å²) in [6.45, 7) is 0. The SMILES string of the molecule is N#Cc1ccc(-c2cc(-c3cc(-c4ccc5oc6ccccc6c5c4)cc(-c4ccc5oc6cc(-c7ccc8oc9ccc(-c%10cc(-c%11ccc%12oc%13ccccc%13c%12c%11)cc(-c%11cc(-c%12cccc(C#N)c%12)nc(-c%12ccccc%12)n%11)c%10)cc9c8c7)ccc6c5c4)c3)nc(-c3ccccc3)n2)cc1. The molecule has 0 bridgehead atoms. The van der Waals surface area contributed by atoms with Gasteiger partial charge in [0.2, 0.25) is 0 Å². The number of nitriles is 2. The largest absolute Gasteiger partial charge is 0.456 e. The topological polar surface area (TPSA) is 152 Å². The van der Waals surface area contributed by atoms with Crippen LogP contribution in [-0.2, 0) is 0 Å². The van der Waals surface area contributed by atoms with Crippen molar-refractivity contribution in [3.05, 3.63) is 327 Å². The summed E-state index contributed by atoms with van der Waals surface area (Å²) in [7, 11) is 0. The zero-order chi connectivity index (χ0) is 68.9. The molecule has 0 saturated carbocycles. The van der Waals surface area contributed by atoms with Crippen molar-refractivity contribution in [2.75, 3.05) is 0 Å². The quantitative estimate of drug-likeness (QED) is 0.122. The first-order chi connectivity index (χ1) is 51.3. The highest BCUT2D eigenvalue weighted by Crippen LogP contribution is 2.44. The first kappa shape index (κ1) is 59.5. The van der Waals surface area contributed by atoms with Crippen molar-refractivity contribution < 1.29 is 17.7 Å². The van der Waals surface area contributed by atoms with E-state index in [9.17, 15) is 10.5 Å². The maximum atomic E-state index is 9.97. The summed E-state index contributed by atoms with van der Waals surface area (Å²) in [5.41, 5.74) is 25.8. The van der Waals surface area contributed by atoms with Gasteiger partial charge in [-0.2, -0.15) is 10.5 Å². The molecule has 0 radical (unpaired) electrons. The predicted molar refractivity (Wildman–Crippen MR) is 416 cm³/mol. The Morgan fingerprint density at radius 3 is 0.942 bits per heavy atom. The molecule has 10 heteroatoms. The van der Waals surface area contributed by atoms with Crippen LogP contribution in [0.2, 0.25) is 0 Å². The average Bonchev–Trinajstić information content (AvgIpc) is 1.45. The second-order valence-corrected chi connectivity index (χ2v) is 26.3. The molecule has 6 aromatic heterocycles. The highest BCUT2D eigenvalue weighted by molar-refractivity contribution is 6.11. The first-order valence-corrected chi connectivity index (χ1v) is 34.3. The zero-order valence-corrected chi connectivity index (χ0v) is 55.3. The van der Waals surface area contributed by atoms with Crippen LogP contribution < -0.4 is 0 Å². The van der Waals surface area contributed by atoms with Crippen LogP contribution in [0.1, 0.15) is 11.1 Å². The normalized spacial score (nSPS) is 11.6. The fourth-order valence-electron chi connectivity index (χ4n) is 14.7. The Bertz CT molecular complexity index is 7010. The minimum Gasteiger partial charge on any atom is -0.456 e. The minimum absolute atomic E-state index is 0.549. The van der Waals surface area contributed by atoms with E-state index in [4.69, 9.17) is 37.6 Å². The van der Waals surface area contributed by atoms with Crippen LogP contribution in [0.25, 0.3) is 211 Å². The number of aromatic nitrogens is 4. The number of hydrogen-bond donors (Lipinski definition) is 0. The number of furan rings is 4. The Kier molecular flexibility index (Phi) is 13.8. The summed E-state index contributed by atoms with van der Waals surface area (Å²) in [5, 5.41) is 27.8. The van der Waals surface area contributed by atoms with E-state index >= 15 is 0 Å². The Hall–Kier alpha value is -14.6. The number of fused-ring (bicyclic) bond motifs is 12. The Morgan fingerprint density at radius 2 is 0.500 bits per heavy atom. The van der Waals surface area contributed by atoms with Crippen LogP contribution in [0.3, 0.4) is 0 Å². The number of para-hydroxylation sites is 2. The Balaban J connectivity index is 0.688. The molecule has 104 heavy (non-hydrogen) atoms. The van der Waals surface area contributed by atoms with E-state index in [1.54, 1.807) is 6.07 Å². The third-order valence-electron chi connectivity index (χ3n) is 19.9. The highest BCUT2D eigenvalue weighted by Gasteiger charge is 2.21. The van der Waals surface area contributed by atoms with E-state index in [0.717, 1.165) is 194 Å². The van der Waals surface area contributed by atoms with E-state index < -0.39 is 0 Å². The fraction of sp³-hybridized carbons (Fsp3) is 0. The van der Waals surface area contributed by atoms with E-state index in [-0.39, 0.29) is 0 Å². The van der Waals surface area contributed by atoms with E-state index in [0.29, 0.717) is 28.5 Å². The van der Waals surface area contributed by atoms with Crippen molar-refractivity contribution in [1.29, 1.82) is 10.5 Å². The standard InChI is InChI=1S/C94H52N6O4/c95-53-55-22-24-57(25-23-55)81-51-83(99-93(97-81)58-13-3-1-4-14-58)71-41-67(61-28-34-87-76(46-61)73-18-7-9-20-85(73)101-87)39-69(42-71)63-30-36-89-78(48-63)75-32-26-65(50-92(75)104-89)60-27-33-90-79(45-60)80-49-64(31-37-91(80)103-90)70-40-68(62-29-35-88-77(47-62)74-19-8-10-21-86(74)102-88)43-72(44-70)84-52-82(66-17-11-12-56(38-66)54-96)98-94(100-84)59-15-5-2-6-16-59/h1-52H. The summed E-state index contributed by atoms with van der Waals surface area (Å²) in [6, 6.07) is 112. The molecule has 14 aromatic carbocycles. The smallest absolute Gasteiger partial charge is 0.160 e. The third kappa shape index (κ3) is 10.5. The van der Waals surface area contributed by atoms with Gasteiger partial charge in [0, 0.05) is 76.5 Å². The van der Waals surface area contributed by atoms with Gasteiger partial charge in [-0.15, -0.1) is 0 Å². The van der Waals surface area contributed by atoms with Crippen molar-refractivity contribution in [3.63, 3.8) is 0 Å². The molecule has 0 spiro atoms. The molecule has 6 heterocycles. The molecule has 0 fully saturated rings. The van der Waals surface area contributed by atoms with E-state index in [1.807, 2.05) is 152 Å². The fourth-order valence-corrected chi connectivity index (χ4v) is 14.7. The molecule has 482 valence electrons. The second kappa shape index (κ2) is 24.1. The predicted octanol–water partition coefficient (Wildman–Crippen LogP) is 24.9. The van der Waals surface area contributed by atoms with Crippen LogP contribution >= 0.6 is 0 Å². The summed E-state index contributed by atoms with van der Waals surface area (Å²) in [5.74, 6) is 1.17. The minimum atomic E-state index is 0.549. The molecule has 0 aliphatic rings. The molecule has 10 nitrogen and oxygen atoms in total. The number of nitrogens with zero attached hydrogens (tertiary/aromatic N) is 6. The van der Waals surface area contributed by atoms with Crippen molar-refractivity contribution in [1.82, 2.24) is 19.9 Å². The summed E-state index contributed by atoms with van der Waals surface area (Å²) in [4.78, 5) is 20.8. The molecule has 20 rings (SSSR count). The summed E-state index contributed by atoms with van der Waals surface area (Å²) in [6.07, 6.45) is 0. The number of hydrogen-bond acceptors (Lipinski definition) is 10. The molecule has 0 aliphatic carbocycles. The summed E-state index contributed by atoms with van der Waals surface area (Å²) < 4.78 is 26.1. The van der Waals surface area contributed by atoms with Crippen LogP contribution in [0.15, 0.2) is 333 Å². The van der Waals surface area contributed by atoms with Crippen LogP contribution in [-0.4, -0.2) is 19.9 Å². The van der Waals surface area contributed by atoms with Gasteiger partial charge in [-0.05, 0) is 213 Å². The van der Waals surface area contributed by atoms with Gasteiger partial charge >= 0.3 is 0 Å². The van der Waals surface area contributed by atoms with Gasteiger partial charge in [-0.3, -0.25) is 0 Å². The first-order valence-electron chi connectivity index (χ1n) is 34.3. The molecule has 0 aliphatic heterocycles. The van der Waals surface area contributed by atoms with Gasteiger partial charge in [0.15, 0.2) is 11.6 Å². The maximum Gasteiger partial charge on any atom is 0.160 e. The van der Waals surface area contributed by atoms with Crippen molar-refractivity contribution in [3.8, 4) is 136 Å². The second-order valence-electron chi connectivity index (χ2n) is 26.3. The lowest BCUT2D eigenvalue weighted by Crippen LogP contribution is -1.97. The monoisotopic (exact) mass is 1330 g/mol. The molecule has 0 saturated heterocycles. The van der Waals surface area contributed by atoms with E-state index in [1.165, 1.54) is 0 Å². The lowest BCUT2D eigenvalue weighted by Gasteiger charge is -2.13. The third-order valence-corrected chi connectivity index (χ3v) is 19.9. The molecule has 0 atom stereocenters. The molecule has 0 N–H and O–H groups in total. The Labute approximate surface area is 594 Å². The van der Waals surface area contributed by atoms with Gasteiger partial charge in [0.05, 0.1) is 46.0 Å². The summed E-state index contributed by atoms with van der Waals surface area (Å²) >= 11 is 0. The molecular weight excluding hydrogens is 1280 g/mol. The van der Waals surface area contributed by atoms with Crippen molar-refractivity contribution in [2.24, 2.45) is 0 Å². The number of rotatable bonds is 11. The molecular formula is C94H52N6O4. The highest BCUT2D eigenvalue weighted by atomic mass is 16.3. The lowest BCUT2D eigenvalue weighted by molar-refractivity contribution is 0.668. The Morgan fingerprint density at radius 1 is 0.183 bits per heavy atom. The van der Waals surface area contributed by atoms with Gasteiger partial charge in [0.1, 0.15) is 44.7 Å². The van der Waals surface area contributed by atoms with E-state index in [2.05, 4.69) is 170 Å². The zero-order valence-electron chi connectivity index (χ0n) is 55.3. The molecule has 20 aromatic rings. The van der Waals surface area contributed by atoms with Crippen LogP contribution in [0, 0.1) is 22.7 Å². The molecule has 0 unspecified atom stereocenters. The van der Waals surface area contributed by atoms with Crippen LogP contribution in [0.5, 0.6) is 0 Å². The number of benzene rings is 14. The lowest BCUT2D eigenvalue weighted by atomic mass is 9.93.